The molecule has 2 aromatic carbocycles. The molecule has 1 amide bonds. The van der Waals surface area contributed by atoms with Gasteiger partial charge in [-0.2, -0.15) is 0 Å². The third-order valence-electron chi connectivity index (χ3n) is 6.30. The summed E-state index contributed by atoms with van der Waals surface area (Å²) >= 11 is 0. The summed E-state index contributed by atoms with van der Waals surface area (Å²) in [4.78, 5) is 28.1. The van der Waals surface area contributed by atoms with E-state index in [9.17, 15) is 14.7 Å². The maximum Gasteiger partial charge on any atom is 0.316 e. The fraction of sp³-hybridized carbons (Fsp3) is 0.391. The van der Waals surface area contributed by atoms with Crippen LogP contribution in [0.1, 0.15) is 66.6 Å². The Balaban J connectivity index is 1.96. The van der Waals surface area contributed by atoms with E-state index in [0.29, 0.717) is 11.1 Å². The first-order chi connectivity index (χ1) is 13.0. The summed E-state index contributed by atoms with van der Waals surface area (Å²) in [5.74, 6) is -0.929. The van der Waals surface area contributed by atoms with Gasteiger partial charge in [0.25, 0.3) is 5.91 Å². The van der Waals surface area contributed by atoms with Gasteiger partial charge in [-0.3, -0.25) is 9.59 Å². The summed E-state index contributed by atoms with van der Waals surface area (Å²) in [6.07, 6.45) is 5.23. The highest BCUT2D eigenvalue weighted by Gasteiger charge is 2.54. The van der Waals surface area contributed by atoms with E-state index in [4.69, 9.17) is 0 Å². The molecule has 2 aromatic rings. The number of aliphatic carboxylic acids is 1. The van der Waals surface area contributed by atoms with E-state index >= 15 is 0 Å². The van der Waals surface area contributed by atoms with Crippen LogP contribution in [-0.2, 0) is 10.2 Å². The lowest BCUT2D eigenvalue weighted by Crippen LogP contribution is -2.57. The van der Waals surface area contributed by atoms with Gasteiger partial charge in [0.05, 0.1) is 6.04 Å². The molecule has 4 heteroatoms. The van der Waals surface area contributed by atoms with Crippen LogP contribution in [0.4, 0.5) is 0 Å². The molecular weight excluding hydrogens is 338 g/mol. The maximum absolute atomic E-state index is 13.5. The van der Waals surface area contributed by atoms with Crippen LogP contribution in [-0.4, -0.2) is 27.9 Å². The fourth-order valence-corrected chi connectivity index (χ4v) is 4.90. The van der Waals surface area contributed by atoms with Gasteiger partial charge in [0.15, 0.2) is 0 Å². The second-order valence-electron chi connectivity index (χ2n) is 7.87. The molecule has 4 rings (SSSR count). The van der Waals surface area contributed by atoms with Crippen LogP contribution >= 0.6 is 0 Å². The molecule has 140 valence electrons. The molecule has 1 saturated carbocycles. The van der Waals surface area contributed by atoms with Crippen molar-refractivity contribution in [3.8, 4) is 0 Å². The molecule has 0 aromatic heterocycles. The summed E-state index contributed by atoms with van der Waals surface area (Å²) in [5.41, 5.74) is 0.836. The van der Waals surface area contributed by atoms with E-state index in [0.717, 1.165) is 31.2 Å². The normalized spacial score (nSPS) is 25.9. The highest BCUT2D eigenvalue weighted by Crippen LogP contribution is 2.49. The SMILES string of the molecule is C[C@@]1(C(=O)O)c2ccccc2C(=O)N(C2CCCCC2)[C@@H]1c1ccccc1. The number of fused-ring (bicyclic) bond motifs is 1. The van der Waals surface area contributed by atoms with Gasteiger partial charge in [-0.15, -0.1) is 0 Å². The topological polar surface area (TPSA) is 57.6 Å². The predicted molar refractivity (Wildman–Crippen MR) is 104 cm³/mol. The standard InChI is InChI=1S/C23H25NO3/c1-23(22(26)27)19-15-9-8-14-18(19)21(25)24(17-12-6-3-7-13-17)20(23)16-10-4-2-5-11-16/h2,4-5,8-11,14-15,17,20H,3,6-7,12-13H2,1H3,(H,26,27)/t20-,23-/m1/s1. The molecule has 1 N–H and O–H groups in total. The number of hydrogen-bond donors (Lipinski definition) is 1. The lowest BCUT2D eigenvalue weighted by Gasteiger charge is -2.50. The minimum atomic E-state index is -1.19. The van der Waals surface area contributed by atoms with E-state index in [1.165, 1.54) is 6.42 Å². The summed E-state index contributed by atoms with van der Waals surface area (Å²) < 4.78 is 0. The Morgan fingerprint density at radius 3 is 2.30 bits per heavy atom. The number of carbonyl (C=O) groups is 2. The lowest BCUT2D eigenvalue weighted by molar-refractivity contribution is -0.146. The first kappa shape index (κ1) is 17.8. The van der Waals surface area contributed by atoms with E-state index < -0.39 is 17.4 Å². The molecule has 0 unspecified atom stereocenters. The second kappa shape index (κ2) is 6.84. The number of carboxylic acid groups (broad SMARTS) is 1. The summed E-state index contributed by atoms with van der Waals surface area (Å²) in [6, 6.07) is 16.4. The molecule has 1 fully saturated rings. The number of nitrogens with zero attached hydrogens (tertiary/aromatic N) is 1. The minimum Gasteiger partial charge on any atom is -0.481 e. The van der Waals surface area contributed by atoms with Gasteiger partial charge < -0.3 is 10.0 Å². The summed E-state index contributed by atoms with van der Waals surface area (Å²) in [6.45, 7) is 1.77. The molecule has 1 aliphatic heterocycles. The van der Waals surface area contributed by atoms with Crippen molar-refractivity contribution in [1.82, 2.24) is 4.90 Å². The molecule has 0 radical (unpaired) electrons. The average molecular weight is 363 g/mol. The van der Waals surface area contributed by atoms with E-state index in [1.54, 1.807) is 19.1 Å². The molecule has 2 aliphatic rings. The molecular formula is C23H25NO3. The highest BCUT2D eigenvalue weighted by molar-refractivity contribution is 6.02. The maximum atomic E-state index is 13.5. The summed E-state index contributed by atoms with van der Waals surface area (Å²) in [5, 5.41) is 10.3. The number of amides is 1. The van der Waals surface area contributed by atoms with Gasteiger partial charge in [-0.25, -0.2) is 0 Å². The fourth-order valence-electron chi connectivity index (χ4n) is 4.90. The van der Waals surface area contributed by atoms with Gasteiger partial charge in [-0.05, 0) is 37.0 Å². The van der Waals surface area contributed by atoms with Crippen LogP contribution in [0, 0.1) is 0 Å². The van der Waals surface area contributed by atoms with Gasteiger partial charge in [0.2, 0.25) is 0 Å². The highest BCUT2D eigenvalue weighted by atomic mass is 16.4. The minimum absolute atomic E-state index is 0.0370. The first-order valence-electron chi connectivity index (χ1n) is 9.75. The number of rotatable bonds is 3. The quantitative estimate of drug-likeness (QED) is 0.870. The molecule has 0 bridgehead atoms. The van der Waals surface area contributed by atoms with Crippen LogP contribution in [0.25, 0.3) is 0 Å². The third-order valence-corrected chi connectivity index (χ3v) is 6.30. The Morgan fingerprint density at radius 2 is 1.63 bits per heavy atom. The zero-order valence-corrected chi connectivity index (χ0v) is 15.6. The molecule has 2 atom stereocenters. The Kier molecular flexibility index (Phi) is 4.50. The molecule has 4 nitrogen and oxygen atoms in total. The third kappa shape index (κ3) is 2.75. The Bertz CT molecular complexity index is 857. The zero-order valence-electron chi connectivity index (χ0n) is 15.6. The van der Waals surface area contributed by atoms with Crippen molar-refractivity contribution in [2.45, 2.75) is 56.5 Å². The van der Waals surface area contributed by atoms with Gasteiger partial charge in [0, 0.05) is 11.6 Å². The smallest absolute Gasteiger partial charge is 0.316 e. The number of carbonyl (C=O) groups excluding carboxylic acids is 1. The molecule has 0 spiro atoms. The molecule has 1 heterocycles. The number of hydrogen-bond acceptors (Lipinski definition) is 2. The van der Waals surface area contributed by atoms with Crippen LogP contribution in [0.15, 0.2) is 54.6 Å². The van der Waals surface area contributed by atoms with Crippen LogP contribution in [0.5, 0.6) is 0 Å². The van der Waals surface area contributed by atoms with E-state index in [2.05, 4.69) is 0 Å². The van der Waals surface area contributed by atoms with Crippen molar-refractivity contribution in [1.29, 1.82) is 0 Å². The monoisotopic (exact) mass is 363 g/mol. The van der Waals surface area contributed by atoms with E-state index in [1.807, 2.05) is 47.4 Å². The Hall–Kier alpha value is -2.62. The van der Waals surface area contributed by atoms with Crippen molar-refractivity contribution in [3.63, 3.8) is 0 Å². The van der Waals surface area contributed by atoms with Crippen LogP contribution < -0.4 is 0 Å². The largest absolute Gasteiger partial charge is 0.481 e. The lowest BCUT2D eigenvalue weighted by atomic mass is 9.67. The van der Waals surface area contributed by atoms with Crippen LogP contribution in [0.2, 0.25) is 0 Å². The van der Waals surface area contributed by atoms with Gasteiger partial charge in [-0.1, -0.05) is 67.8 Å². The van der Waals surface area contributed by atoms with Crippen molar-refractivity contribution in [3.05, 3.63) is 71.3 Å². The Morgan fingerprint density at radius 1 is 1.00 bits per heavy atom. The van der Waals surface area contributed by atoms with Crippen molar-refractivity contribution < 1.29 is 14.7 Å². The zero-order chi connectivity index (χ0) is 19.0. The summed E-state index contributed by atoms with van der Waals surface area (Å²) in [7, 11) is 0. The second-order valence-corrected chi connectivity index (χ2v) is 7.87. The van der Waals surface area contributed by atoms with Gasteiger partial charge in [0.1, 0.15) is 5.41 Å². The molecule has 1 aliphatic carbocycles. The van der Waals surface area contributed by atoms with Gasteiger partial charge >= 0.3 is 5.97 Å². The Labute approximate surface area is 159 Å². The van der Waals surface area contributed by atoms with Crippen LogP contribution in [0.3, 0.4) is 0 Å². The van der Waals surface area contributed by atoms with Crippen molar-refractivity contribution in [2.24, 2.45) is 0 Å². The van der Waals surface area contributed by atoms with Crippen molar-refractivity contribution >= 4 is 11.9 Å². The molecule has 0 saturated heterocycles. The first-order valence-corrected chi connectivity index (χ1v) is 9.75. The van der Waals surface area contributed by atoms with Crippen molar-refractivity contribution in [2.75, 3.05) is 0 Å². The molecule has 27 heavy (non-hydrogen) atoms. The predicted octanol–water partition coefficient (Wildman–Crippen LogP) is 4.56. The van der Waals surface area contributed by atoms with E-state index in [-0.39, 0.29) is 11.9 Å². The average Bonchev–Trinajstić information content (AvgIpc) is 2.71. The number of benzene rings is 2. The number of carboxylic acids is 1.